The van der Waals surface area contributed by atoms with Crippen LogP contribution in [0.25, 0.3) is 0 Å². The third-order valence-corrected chi connectivity index (χ3v) is 2.13. The van der Waals surface area contributed by atoms with Crippen molar-refractivity contribution < 1.29 is 0 Å². The SMILES string of the molecule is C#CCC(C)CC(C)C#CC(C)C#CC. The summed E-state index contributed by atoms with van der Waals surface area (Å²) in [5, 5.41) is 0. The normalized spacial score (nSPS) is 14.6. The van der Waals surface area contributed by atoms with E-state index in [1.54, 1.807) is 0 Å². The van der Waals surface area contributed by atoms with Crippen LogP contribution in [-0.4, -0.2) is 0 Å². The van der Waals surface area contributed by atoms with Crippen LogP contribution in [0.4, 0.5) is 0 Å². The van der Waals surface area contributed by atoms with Crippen molar-refractivity contribution in [3.8, 4) is 36.0 Å². The van der Waals surface area contributed by atoms with E-state index in [2.05, 4.69) is 43.4 Å². The van der Waals surface area contributed by atoms with E-state index in [9.17, 15) is 0 Å². The van der Waals surface area contributed by atoms with Gasteiger partial charge in [-0.3, -0.25) is 0 Å². The smallest absolute Gasteiger partial charge is 0.0783 e. The molecule has 0 N–H and O–H groups in total. The number of hydrogen-bond acceptors (Lipinski definition) is 0. The highest BCUT2D eigenvalue weighted by atomic mass is 14.1. The summed E-state index contributed by atoms with van der Waals surface area (Å²) in [6.45, 7) is 8.19. The molecule has 0 aliphatic carbocycles. The second-order valence-corrected chi connectivity index (χ2v) is 4.05. The van der Waals surface area contributed by atoms with Gasteiger partial charge in [0.05, 0.1) is 5.92 Å². The predicted molar refractivity (Wildman–Crippen MR) is 66.8 cm³/mol. The minimum atomic E-state index is 0.181. The molecule has 0 fully saturated rings. The summed E-state index contributed by atoms with van der Waals surface area (Å²) in [6.07, 6.45) is 7.18. The molecule has 0 aromatic carbocycles. The third-order valence-electron chi connectivity index (χ3n) is 2.13. The molecule has 0 nitrogen and oxygen atoms in total. The van der Waals surface area contributed by atoms with Crippen LogP contribution in [0.5, 0.6) is 0 Å². The first-order valence-electron chi connectivity index (χ1n) is 5.47. The van der Waals surface area contributed by atoms with Gasteiger partial charge in [-0.05, 0) is 26.2 Å². The van der Waals surface area contributed by atoms with Crippen LogP contribution in [0.15, 0.2) is 0 Å². The maximum atomic E-state index is 5.26. The van der Waals surface area contributed by atoms with Crippen LogP contribution < -0.4 is 0 Å². The fourth-order valence-electron chi connectivity index (χ4n) is 1.47. The van der Waals surface area contributed by atoms with Gasteiger partial charge in [0.1, 0.15) is 0 Å². The van der Waals surface area contributed by atoms with Crippen molar-refractivity contribution in [3.05, 3.63) is 0 Å². The van der Waals surface area contributed by atoms with Gasteiger partial charge in [-0.2, -0.15) is 0 Å². The molecule has 0 heteroatoms. The Morgan fingerprint density at radius 1 is 1.07 bits per heavy atom. The van der Waals surface area contributed by atoms with Crippen molar-refractivity contribution in [1.29, 1.82) is 0 Å². The second kappa shape index (κ2) is 8.03. The monoisotopic (exact) mass is 200 g/mol. The minimum absolute atomic E-state index is 0.181. The molecular formula is C15H20. The Labute approximate surface area is 94.8 Å². The van der Waals surface area contributed by atoms with Gasteiger partial charge < -0.3 is 0 Å². The third kappa shape index (κ3) is 7.73. The molecule has 0 aromatic heterocycles. The fourth-order valence-corrected chi connectivity index (χ4v) is 1.47. The number of rotatable bonds is 3. The van der Waals surface area contributed by atoms with E-state index in [0.717, 1.165) is 12.8 Å². The highest BCUT2D eigenvalue weighted by Crippen LogP contribution is 2.13. The zero-order valence-electron chi connectivity index (χ0n) is 10.2. The van der Waals surface area contributed by atoms with E-state index in [4.69, 9.17) is 6.42 Å². The summed E-state index contributed by atoms with van der Waals surface area (Å²) in [5.74, 6) is 16.1. The molecule has 0 saturated carbocycles. The quantitative estimate of drug-likeness (QED) is 0.613. The molecule has 15 heavy (non-hydrogen) atoms. The summed E-state index contributed by atoms with van der Waals surface area (Å²) < 4.78 is 0. The van der Waals surface area contributed by atoms with Gasteiger partial charge in [0.15, 0.2) is 0 Å². The van der Waals surface area contributed by atoms with Gasteiger partial charge in [-0.15, -0.1) is 18.3 Å². The molecule has 0 aromatic rings. The number of terminal acetylenes is 1. The highest BCUT2D eigenvalue weighted by Gasteiger charge is 2.04. The summed E-state index contributed by atoms with van der Waals surface area (Å²) >= 11 is 0. The van der Waals surface area contributed by atoms with Crippen LogP contribution >= 0.6 is 0 Å². The summed E-state index contributed by atoms with van der Waals surface area (Å²) in [6, 6.07) is 0. The Hall–Kier alpha value is -1.32. The lowest BCUT2D eigenvalue weighted by atomic mass is 9.95. The van der Waals surface area contributed by atoms with Gasteiger partial charge in [-0.1, -0.05) is 31.6 Å². The van der Waals surface area contributed by atoms with Crippen LogP contribution in [0.3, 0.4) is 0 Å². The Morgan fingerprint density at radius 2 is 1.73 bits per heavy atom. The van der Waals surface area contributed by atoms with E-state index in [-0.39, 0.29) is 5.92 Å². The lowest BCUT2D eigenvalue weighted by Gasteiger charge is -2.09. The molecule has 0 rings (SSSR count). The average Bonchev–Trinajstić information content (AvgIpc) is 2.15. The van der Waals surface area contributed by atoms with Crippen molar-refractivity contribution in [2.24, 2.45) is 17.8 Å². The predicted octanol–water partition coefficient (Wildman–Crippen LogP) is 3.33. The minimum Gasteiger partial charge on any atom is -0.120 e. The Morgan fingerprint density at radius 3 is 2.27 bits per heavy atom. The van der Waals surface area contributed by atoms with E-state index in [0.29, 0.717) is 11.8 Å². The summed E-state index contributed by atoms with van der Waals surface area (Å²) in [7, 11) is 0. The topological polar surface area (TPSA) is 0 Å². The summed E-state index contributed by atoms with van der Waals surface area (Å²) in [5.41, 5.74) is 0. The first-order chi connectivity index (χ1) is 7.10. The highest BCUT2D eigenvalue weighted by molar-refractivity contribution is 5.16. The Bertz CT molecular complexity index is 321. The maximum absolute atomic E-state index is 5.26. The van der Waals surface area contributed by atoms with E-state index in [1.165, 1.54) is 0 Å². The zero-order valence-corrected chi connectivity index (χ0v) is 10.2. The second-order valence-electron chi connectivity index (χ2n) is 4.05. The Kier molecular flexibility index (Phi) is 7.32. The molecule has 0 spiro atoms. The van der Waals surface area contributed by atoms with Crippen LogP contribution in [-0.2, 0) is 0 Å². The van der Waals surface area contributed by atoms with Gasteiger partial charge in [-0.25, -0.2) is 0 Å². The van der Waals surface area contributed by atoms with E-state index < -0.39 is 0 Å². The molecular weight excluding hydrogens is 180 g/mol. The standard InChI is InChI=1S/C15H20/c1-6-8-13(3)10-11-15(5)12-14(4)9-7-2/h2,13-15H,9,12H2,1,3-5H3. The van der Waals surface area contributed by atoms with Crippen molar-refractivity contribution in [2.45, 2.75) is 40.5 Å². The first-order valence-corrected chi connectivity index (χ1v) is 5.47. The van der Waals surface area contributed by atoms with E-state index in [1.807, 2.05) is 13.8 Å². The average molecular weight is 200 g/mol. The number of hydrogen-bond donors (Lipinski definition) is 0. The van der Waals surface area contributed by atoms with Gasteiger partial charge in [0.2, 0.25) is 0 Å². The molecule has 3 unspecified atom stereocenters. The molecule has 0 saturated heterocycles. The molecule has 0 amide bonds. The maximum Gasteiger partial charge on any atom is 0.0783 e. The van der Waals surface area contributed by atoms with Crippen molar-refractivity contribution in [3.63, 3.8) is 0 Å². The molecule has 0 bridgehead atoms. The molecule has 0 heterocycles. The zero-order chi connectivity index (χ0) is 11.7. The van der Waals surface area contributed by atoms with Crippen LogP contribution in [0.2, 0.25) is 0 Å². The lowest BCUT2D eigenvalue weighted by Crippen LogP contribution is -2.00. The molecule has 0 aliphatic rings. The van der Waals surface area contributed by atoms with Crippen LogP contribution in [0, 0.1) is 53.8 Å². The molecule has 0 aliphatic heterocycles. The van der Waals surface area contributed by atoms with Gasteiger partial charge >= 0.3 is 0 Å². The summed E-state index contributed by atoms with van der Waals surface area (Å²) in [4.78, 5) is 0. The lowest BCUT2D eigenvalue weighted by molar-refractivity contribution is 0.485. The van der Waals surface area contributed by atoms with Gasteiger partial charge in [0, 0.05) is 12.3 Å². The van der Waals surface area contributed by atoms with Crippen molar-refractivity contribution in [1.82, 2.24) is 0 Å². The fraction of sp³-hybridized carbons (Fsp3) is 0.600. The molecule has 80 valence electrons. The van der Waals surface area contributed by atoms with Crippen molar-refractivity contribution >= 4 is 0 Å². The van der Waals surface area contributed by atoms with Crippen molar-refractivity contribution in [2.75, 3.05) is 0 Å². The van der Waals surface area contributed by atoms with E-state index >= 15 is 0 Å². The van der Waals surface area contributed by atoms with Gasteiger partial charge in [0.25, 0.3) is 0 Å². The largest absolute Gasteiger partial charge is 0.120 e. The molecule has 3 atom stereocenters. The van der Waals surface area contributed by atoms with Crippen LogP contribution in [0.1, 0.15) is 40.5 Å². The first kappa shape index (κ1) is 13.7. The molecule has 0 radical (unpaired) electrons. The Balaban J connectivity index is 4.06.